The molecule has 0 saturated heterocycles. The molecule has 1 N–H and O–H groups in total. The summed E-state index contributed by atoms with van der Waals surface area (Å²) in [5, 5.41) is -0.118. The van der Waals surface area contributed by atoms with Crippen molar-refractivity contribution >= 4 is 21.6 Å². The highest BCUT2D eigenvalue weighted by atomic mass is 35.5. The zero-order valence-electron chi connectivity index (χ0n) is 10.3. The molecule has 17 heavy (non-hydrogen) atoms. The molecule has 0 fully saturated rings. The standard InChI is InChI=1S/C12H18ClNO2S/c1-4-14-17(15,16)12-8-6-5-7-11(12)9(2)10(3)13/h5-10,14H,4H2,1-3H3. The Balaban J connectivity index is 3.26. The van der Waals surface area contributed by atoms with Gasteiger partial charge in [0.25, 0.3) is 0 Å². The number of alkyl halides is 1. The van der Waals surface area contributed by atoms with E-state index in [1.54, 1.807) is 19.1 Å². The molecule has 0 spiro atoms. The van der Waals surface area contributed by atoms with E-state index in [1.165, 1.54) is 0 Å². The van der Waals surface area contributed by atoms with Gasteiger partial charge in [-0.05, 0) is 24.5 Å². The minimum absolute atomic E-state index is 0.0127. The first-order valence-electron chi connectivity index (χ1n) is 5.62. The van der Waals surface area contributed by atoms with Gasteiger partial charge in [-0.3, -0.25) is 0 Å². The van der Waals surface area contributed by atoms with Gasteiger partial charge in [0.1, 0.15) is 0 Å². The fraction of sp³-hybridized carbons (Fsp3) is 0.500. The molecule has 5 heteroatoms. The summed E-state index contributed by atoms with van der Waals surface area (Å²) in [4.78, 5) is 0.321. The van der Waals surface area contributed by atoms with Gasteiger partial charge in [0.15, 0.2) is 0 Å². The van der Waals surface area contributed by atoms with Gasteiger partial charge >= 0.3 is 0 Å². The van der Waals surface area contributed by atoms with Crippen molar-refractivity contribution in [3.8, 4) is 0 Å². The summed E-state index contributed by atoms with van der Waals surface area (Å²) < 4.78 is 26.6. The molecule has 0 radical (unpaired) electrons. The monoisotopic (exact) mass is 275 g/mol. The summed E-state index contributed by atoms with van der Waals surface area (Å²) in [6, 6.07) is 6.98. The Morgan fingerprint density at radius 1 is 1.29 bits per heavy atom. The minimum atomic E-state index is -3.43. The van der Waals surface area contributed by atoms with Crippen molar-refractivity contribution < 1.29 is 8.42 Å². The third kappa shape index (κ3) is 3.44. The molecule has 1 aromatic carbocycles. The molecule has 96 valence electrons. The van der Waals surface area contributed by atoms with E-state index in [0.717, 1.165) is 5.56 Å². The van der Waals surface area contributed by atoms with Gasteiger partial charge in [0, 0.05) is 11.9 Å². The Bertz CT molecular complexity index is 471. The van der Waals surface area contributed by atoms with Crippen molar-refractivity contribution in [2.24, 2.45) is 0 Å². The second-order valence-electron chi connectivity index (χ2n) is 4.01. The molecule has 2 unspecified atom stereocenters. The van der Waals surface area contributed by atoms with E-state index >= 15 is 0 Å². The SMILES string of the molecule is CCNS(=O)(=O)c1ccccc1C(C)C(C)Cl. The van der Waals surface area contributed by atoms with Gasteiger partial charge in [-0.2, -0.15) is 0 Å². The highest BCUT2D eigenvalue weighted by Gasteiger charge is 2.22. The van der Waals surface area contributed by atoms with Crippen LogP contribution in [0.3, 0.4) is 0 Å². The molecule has 0 aliphatic heterocycles. The van der Waals surface area contributed by atoms with Crippen molar-refractivity contribution in [3.05, 3.63) is 29.8 Å². The highest BCUT2D eigenvalue weighted by Crippen LogP contribution is 2.28. The predicted octanol–water partition coefficient (Wildman–Crippen LogP) is 2.72. The largest absolute Gasteiger partial charge is 0.240 e. The summed E-state index contributed by atoms with van der Waals surface area (Å²) >= 11 is 6.05. The van der Waals surface area contributed by atoms with Crippen LogP contribution in [0.1, 0.15) is 32.3 Å². The average molecular weight is 276 g/mol. The van der Waals surface area contributed by atoms with Crippen LogP contribution in [0.5, 0.6) is 0 Å². The Hall–Kier alpha value is -0.580. The van der Waals surface area contributed by atoms with Gasteiger partial charge in [0.05, 0.1) is 4.90 Å². The first-order valence-corrected chi connectivity index (χ1v) is 7.54. The number of hydrogen-bond acceptors (Lipinski definition) is 2. The van der Waals surface area contributed by atoms with Crippen LogP contribution in [0.2, 0.25) is 0 Å². The molecule has 0 amide bonds. The molecule has 0 heterocycles. The topological polar surface area (TPSA) is 46.2 Å². The number of halogens is 1. The van der Waals surface area contributed by atoms with Crippen LogP contribution in [0.15, 0.2) is 29.2 Å². The van der Waals surface area contributed by atoms with Gasteiger partial charge < -0.3 is 0 Å². The van der Waals surface area contributed by atoms with Crippen LogP contribution in [0, 0.1) is 0 Å². The van der Waals surface area contributed by atoms with Gasteiger partial charge in [-0.15, -0.1) is 11.6 Å². The Labute approximate surface area is 108 Å². The lowest BCUT2D eigenvalue weighted by molar-refractivity contribution is 0.580. The van der Waals surface area contributed by atoms with Crippen LogP contribution in [-0.2, 0) is 10.0 Å². The summed E-state index contributed by atoms with van der Waals surface area (Å²) in [6.45, 7) is 5.93. The van der Waals surface area contributed by atoms with E-state index in [0.29, 0.717) is 11.4 Å². The number of hydrogen-bond donors (Lipinski definition) is 1. The highest BCUT2D eigenvalue weighted by molar-refractivity contribution is 7.89. The third-order valence-electron chi connectivity index (χ3n) is 2.72. The van der Waals surface area contributed by atoms with Gasteiger partial charge in [-0.25, -0.2) is 13.1 Å². The van der Waals surface area contributed by atoms with Gasteiger partial charge in [0.2, 0.25) is 10.0 Å². The normalized spacial score (nSPS) is 15.5. The molecule has 1 rings (SSSR count). The molecule has 1 aromatic rings. The second-order valence-corrected chi connectivity index (χ2v) is 6.43. The van der Waals surface area contributed by atoms with Gasteiger partial charge in [-0.1, -0.05) is 32.0 Å². The first-order chi connectivity index (χ1) is 7.90. The van der Waals surface area contributed by atoms with Crippen molar-refractivity contribution in [1.82, 2.24) is 4.72 Å². The molecule has 0 aromatic heterocycles. The molecule has 0 saturated carbocycles. The third-order valence-corrected chi connectivity index (χ3v) is 4.72. The van der Waals surface area contributed by atoms with E-state index < -0.39 is 10.0 Å². The van der Waals surface area contributed by atoms with Crippen molar-refractivity contribution in [1.29, 1.82) is 0 Å². The Morgan fingerprint density at radius 3 is 2.41 bits per heavy atom. The first kappa shape index (κ1) is 14.5. The van der Waals surface area contributed by atoms with Crippen LogP contribution >= 0.6 is 11.6 Å². The van der Waals surface area contributed by atoms with Crippen molar-refractivity contribution in [2.75, 3.05) is 6.54 Å². The second kappa shape index (κ2) is 5.85. The number of rotatable bonds is 5. The summed E-state index contributed by atoms with van der Waals surface area (Å²) in [5.74, 6) is -0.0127. The lowest BCUT2D eigenvalue weighted by atomic mass is 9.98. The predicted molar refractivity (Wildman–Crippen MR) is 71.0 cm³/mol. The molecule has 0 bridgehead atoms. The van der Waals surface area contributed by atoms with Crippen LogP contribution in [0.4, 0.5) is 0 Å². The van der Waals surface area contributed by atoms with E-state index in [4.69, 9.17) is 11.6 Å². The number of nitrogens with one attached hydrogen (secondary N) is 1. The molecule has 3 nitrogen and oxygen atoms in total. The number of benzene rings is 1. The maximum Gasteiger partial charge on any atom is 0.240 e. The summed E-state index contributed by atoms with van der Waals surface area (Å²) in [5.41, 5.74) is 0.760. The summed E-state index contributed by atoms with van der Waals surface area (Å²) in [6.07, 6.45) is 0. The zero-order chi connectivity index (χ0) is 13.1. The fourth-order valence-electron chi connectivity index (χ4n) is 1.62. The molecular weight excluding hydrogens is 258 g/mol. The van der Waals surface area contributed by atoms with E-state index in [-0.39, 0.29) is 11.3 Å². The number of sulfonamides is 1. The molecule has 2 atom stereocenters. The molecule has 0 aliphatic rings. The summed E-state index contributed by atoms with van der Waals surface area (Å²) in [7, 11) is -3.43. The van der Waals surface area contributed by atoms with Crippen LogP contribution in [-0.4, -0.2) is 20.3 Å². The average Bonchev–Trinajstić information content (AvgIpc) is 2.28. The maximum atomic E-state index is 12.0. The quantitative estimate of drug-likeness (QED) is 0.840. The van der Waals surface area contributed by atoms with E-state index in [2.05, 4.69) is 4.72 Å². The minimum Gasteiger partial charge on any atom is -0.211 e. The Kier molecular flexibility index (Phi) is 4.98. The van der Waals surface area contributed by atoms with Crippen molar-refractivity contribution in [3.63, 3.8) is 0 Å². The van der Waals surface area contributed by atoms with Crippen LogP contribution in [0.25, 0.3) is 0 Å². The van der Waals surface area contributed by atoms with Crippen molar-refractivity contribution in [2.45, 2.75) is 37.0 Å². The molecular formula is C12H18ClNO2S. The fourth-order valence-corrected chi connectivity index (χ4v) is 3.11. The Morgan fingerprint density at radius 2 is 1.88 bits per heavy atom. The lowest BCUT2D eigenvalue weighted by Gasteiger charge is -2.18. The van der Waals surface area contributed by atoms with E-state index in [9.17, 15) is 8.42 Å². The zero-order valence-corrected chi connectivity index (χ0v) is 11.8. The van der Waals surface area contributed by atoms with E-state index in [1.807, 2.05) is 26.0 Å². The maximum absolute atomic E-state index is 12.0. The molecule has 0 aliphatic carbocycles. The van der Waals surface area contributed by atoms with Crippen LogP contribution < -0.4 is 4.72 Å². The lowest BCUT2D eigenvalue weighted by Crippen LogP contribution is -2.25. The smallest absolute Gasteiger partial charge is 0.211 e.